The molecule has 0 aliphatic rings. The second kappa shape index (κ2) is 11.5. The number of aliphatic hydroxyl groups is 1. The Morgan fingerprint density at radius 3 is 2.13 bits per heavy atom. The van der Waals surface area contributed by atoms with Gasteiger partial charge in [0.1, 0.15) is 5.60 Å². The second-order valence-electron chi connectivity index (χ2n) is 11.0. The number of carbonyl (C=O) groups excluding carboxylic acids is 1. The highest BCUT2D eigenvalue weighted by Crippen LogP contribution is 2.41. The third kappa shape index (κ3) is 9.34. The SMILES string of the molecule is CN(C(=O)OC(C)(C)C)[C@@H](CCCCO)C[C@H](O[Si](C)(C)C(C)(C)C)c1ccccc1. The Kier molecular flexibility index (Phi) is 10.2. The Bertz CT molecular complexity index is 664. The van der Waals surface area contributed by atoms with Crippen LogP contribution in [-0.4, -0.2) is 49.7 Å². The minimum atomic E-state index is -2.03. The summed E-state index contributed by atoms with van der Waals surface area (Å²) < 4.78 is 12.5. The van der Waals surface area contributed by atoms with Crippen molar-refractivity contribution in [1.29, 1.82) is 0 Å². The van der Waals surface area contributed by atoms with Gasteiger partial charge in [0.25, 0.3) is 0 Å². The standard InChI is InChI=1S/C25H45NO4Si/c1-24(2,3)29-23(28)26(7)21(17-13-14-18-27)19-22(20-15-11-10-12-16-20)30-31(8,9)25(4,5)6/h10-12,15-16,21-22,27H,13-14,17-19H2,1-9H3/t21-,22-/m0/s1. The van der Waals surface area contributed by atoms with Crippen LogP contribution in [0.3, 0.4) is 0 Å². The number of ether oxygens (including phenoxy) is 1. The van der Waals surface area contributed by atoms with Gasteiger partial charge in [0.2, 0.25) is 0 Å². The number of aliphatic hydroxyl groups excluding tert-OH is 1. The molecule has 2 atom stereocenters. The smallest absolute Gasteiger partial charge is 0.410 e. The molecule has 0 aliphatic heterocycles. The van der Waals surface area contributed by atoms with Gasteiger partial charge in [0.15, 0.2) is 8.32 Å². The zero-order valence-electron chi connectivity index (χ0n) is 21.2. The van der Waals surface area contributed by atoms with E-state index < -0.39 is 13.9 Å². The molecule has 6 heteroatoms. The van der Waals surface area contributed by atoms with Gasteiger partial charge in [0, 0.05) is 19.7 Å². The first-order valence-electron chi connectivity index (χ1n) is 11.5. The van der Waals surface area contributed by atoms with Gasteiger partial charge in [-0.3, -0.25) is 0 Å². The van der Waals surface area contributed by atoms with E-state index in [1.165, 1.54) is 0 Å². The highest BCUT2D eigenvalue weighted by Gasteiger charge is 2.40. The normalized spacial score (nSPS) is 14.8. The molecular weight excluding hydrogens is 406 g/mol. The number of unbranched alkanes of at least 4 members (excludes halogenated alkanes) is 1. The third-order valence-electron chi connectivity index (χ3n) is 6.08. The first kappa shape index (κ1) is 27.7. The quantitative estimate of drug-likeness (QED) is 0.324. The molecule has 31 heavy (non-hydrogen) atoms. The van der Waals surface area contributed by atoms with Crippen molar-refractivity contribution in [3.63, 3.8) is 0 Å². The highest BCUT2D eigenvalue weighted by molar-refractivity contribution is 6.74. The van der Waals surface area contributed by atoms with Gasteiger partial charge in [-0.25, -0.2) is 4.79 Å². The lowest BCUT2D eigenvalue weighted by Crippen LogP contribution is -2.45. The van der Waals surface area contributed by atoms with E-state index in [9.17, 15) is 9.90 Å². The number of carbonyl (C=O) groups is 1. The lowest BCUT2D eigenvalue weighted by atomic mass is 9.97. The van der Waals surface area contributed by atoms with Crippen LogP contribution in [0.25, 0.3) is 0 Å². The Hall–Kier alpha value is -1.37. The molecule has 1 aromatic carbocycles. The molecule has 1 N–H and O–H groups in total. The minimum absolute atomic E-state index is 0.0450. The fraction of sp³-hybridized carbons (Fsp3) is 0.720. The van der Waals surface area contributed by atoms with Crippen LogP contribution in [-0.2, 0) is 9.16 Å². The highest BCUT2D eigenvalue weighted by atomic mass is 28.4. The molecule has 0 aliphatic carbocycles. The first-order chi connectivity index (χ1) is 14.2. The van der Waals surface area contributed by atoms with Crippen LogP contribution < -0.4 is 0 Å². The Morgan fingerprint density at radius 2 is 1.65 bits per heavy atom. The molecule has 5 nitrogen and oxygen atoms in total. The topological polar surface area (TPSA) is 59.0 Å². The average Bonchev–Trinajstić information content (AvgIpc) is 2.64. The fourth-order valence-electron chi connectivity index (χ4n) is 3.14. The summed E-state index contributed by atoms with van der Waals surface area (Å²) in [6.45, 7) is 17.1. The Labute approximate surface area is 191 Å². The summed E-state index contributed by atoms with van der Waals surface area (Å²) in [7, 11) is -0.219. The van der Waals surface area contributed by atoms with Crippen molar-refractivity contribution in [3.8, 4) is 0 Å². The summed E-state index contributed by atoms with van der Waals surface area (Å²) in [6.07, 6.45) is 2.62. The van der Waals surface area contributed by atoms with E-state index in [0.29, 0.717) is 6.42 Å². The zero-order chi connectivity index (χ0) is 23.9. The maximum absolute atomic E-state index is 12.8. The molecule has 1 amide bonds. The summed E-state index contributed by atoms with van der Waals surface area (Å²) in [4.78, 5) is 14.5. The zero-order valence-corrected chi connectivity index (χ0v) is 22.2. The van der Waals surface area contributed by atoms with E-state index in [1.54, 1.807) is 4.90 Å². The van der Waals surface area contributed by atoms with Crippen molar-refractivity contribution in [2.75, 3.05) is 13.7 Å². The molecule has 178 valence electrons. The summed E-state index contributed by atoms with van der Waals surface area (Å²) in [5, 5.41) is 9.34. The van der Waals surface area contributed by atoms with Gasteiger partial charge in [-0.15, -0.1) is 0 Å². The van der Waals surface area contributed by atoms with Crippen molar-refractivity contribution < 1.29 is 19.1 Å². The molecule has 0 saturated carbocycles. The van der Waals surface area contributed by atoms with Crippen LogP contribution in [0.2, 0.25) is 18.1 Å². The predicted molar refractivity (Wildman–Crippen MR) is 131 cm³/mol. The number of hydrogen-bond donors (Lipinski definition) is 1. The van der Waals surface area contributed by atoms with Crippen molar-refractivity contribution in [1.82, 2.24) is 4.90 Å². The van der Waals surface area contributed by atoms with E-state index >= 15 is 0 Å². The van der Waals surface area contributed by atoms with Crippen molar-refractivity contribution in [2.45, 2.75) is 103 Å². The van der Waals surface area contributed by atoms with Gasteiger partial charge in [0.05, 0.1) is 6.10 Å². The molecule has 1 rings (SSSR count). The van der Waals surface area contributed by atoms with E-state index in [1.807, 2.05) is 46.0 Å². The van der Waals surface area contributed by atoms with Crippen molar-refractivity contribution in [3.05, 3.63) is 35.9 Å². The lowest BCUT2D eigenvalue weighted by Gasteiger charge is -2.41. The number of benzene rings is 1. The molecule has 0 heterocycles. The monoisotopic (exact) mass is 451 g/mol. The summed E-state index contributed by atoms with van der Waals surface area (Å²) in [6, 6.07) is 10.3. The summed E-state index contributed by atoms with van der Waals surface area (Å²) in [5.41, 5.74) is 0.592. The first-order valence-corrected chi connectivity index (χ1v) is 14.4. The molecule has 0 spiro atoms. The van der Waals surface area contributed by atoms with Gasteiger partial charge in [-0.1, -0.05) is 51.1 Å². The summed E-state index contributed by atoms with van der Waals surface area (Å²) in [5.74, 6) is 0. The van der Waals surface area contributed by atoms with E-state index in [2.05, 4.69) is 46.0 Å². The largest absolute Gasteiger partial charge is 0.444 e. The third-order valence-corrected chi connectivity index (χ3v) is 10.6. The summed E-state index contributed by atoms with van der Waals surface area (Å²) >= 11 is 0. The van der Waals surface area contributed by atoms with E-state index in [-0.39, 0.29) is 29.9 Å². The van der Waals surface area contributed by atoms with Crippen molar-refractivity contribution in [2.24, 2.45) is 0 Å². The van der Waals surface area contributed by atoms with Crippen LogP contribution in [0, 0.1) is 0 Å². The number of amides is 1. The molecule has 0 aromatic heterocycles. The van der Waals surface area contributed by atoms with Crippen LogP contribution in [0.15, 0.2) is 30.3 Å². The van der Waals surface area contributed by atoms with Crippen LogP contribution in [0.1, 0.15) is 78.9 Å². The maximum atomic E-state index is 12.8. The number of hydrogen-bond acceptors (Lipinski definition) is 4. The van der Waals surface area contributed by atoms with Crippen LogP contribution in [0.5, 0.6) is 0 Å². The van der Waals surface area contributed by atoms with Gasteiger partial charge < -0.3 is 19.2 Å². The predicted octanol–water partition coefficient (Wildman–Crippen LogP) is 6.54. The molecule has 0 fully saturated rings. The Balaban J connectivity index is 3.18. The minimum Gasteiger partial charge on any atom is -0.444 e. The van der Waals surface area contributed by atoms with Crippen molar-refractivity contribution >= 4 is 14.4 Å². The van der Waals surface area contributed by atoms with Gasteiger partial charge in [-0.2, -0.15) is 0 Å². The molecular formula is C25H45NO4Si. The molecule has 0 bridgehead atoms. The van der Waals surface area contributed by atoms with Crippen LogP contribution >= 0.6 is 0 Å². The van der Waals surface area contributed by atoms with E-state index in [4.69, 9.17) is 9.16 Å². The second-order valence-corrected chi connectivity index (χ2v) is 15.7. The number of rotatable bonds is 10. The maximum Gasteiger partial charge on any atom is 0.410 e. The fourth-order valence-corrected chi connectivity index (χ4v) is 4.44. The van der Waals surface area contributed by atoms with Crippen LogP contribution in [0.4, 0.5) is 4.79 Å². The molecule has 0 saturated heterocycles. The molecule has 1 aromatic rings. The molecule has 0 radical (unpaired) electrons. The lowest BCUT2D eigenvalue weighted by molar-refractivity contribution is 0.0157. The number of nitrogens with zero attached hydrogens (tertiary/aromatic N) is 1. The van der Waals surface area contributed by atoms with Gasteiger partial charge in [-0.05, 0) is 70.2 Å². The van der Waals surface area contributed by atoms with E-state index in [0.717, 1.165) is 24.8 Å². The van der Waals surface area contributed by atoms with Gasteiger partial charge >= 0.3 is 6.09 Å². The molecule has 0 unspecified atom stereocenters. The Morgan fingerprint density at radius 1 is 1.06 bits per heavy atom. The average molecular weight is 452 g/mol.